The fraction of sp³-hybridized carbons (Fsp3) is 0.500. The van der Waals surface area contributed by atoms with E-state index in [9.17, 15) is 8.42 Å². The summed E-state index contributed by atoms with van der Waals surface area (Å²) in [6, 6.07) is 5.37. The van der Waals surface area contributed by atoms with Crippen molar-refractivity contribution in [3.63, 3.8) is 0 Å². The van der Waals surface area contributed by atoms with Gasteiger partial charge in [-0.25, -0.2) is 18.4 Å². The molecule has 1 heterocycles. The number of aliphatic imine (C=N–C) groups is 1. The predicted octanol–water partition coefficient (Wildman–Crippen LogP) is 3.06. The van der Waals surface area contributed by atoms with E-state index >= 15 is 0 Å². The maximum atomic E-state index is 11.7. The van der Waals surface area contributed by atoms with E-state index in [1.165, 1.54) is 6.26 Å². The highest BCUT2D eigenvalue weighted by Gasteiger charge is 2.10. The van der Waals surface area contributed by atoms with E-state index in [1.54, 1.807) is 6.07 Å². The highest BCUT2D eigenvalue weighted by atomic mass is 127. The quantitative estimate of drug-likeness (QED) is 0.224. The van der Waals surface area contributed by atoms with Gasteiger partial charge < -0.3 is 15.2 Å². The van der Waals surface area contributed by atoms with Gasteiger partial charge >= 0.3 is 0 Å². The third-order valence-electron chi connectivity index (χ3n) is 4.44. The van der Waals surface area contributed by atoms with Crippen LogP contribution in [0.25, 0.3) is 0 Å². The summed E-state index contributed by atoms with van der Waals surface area (Å²) in [4.78, 5) is 9.21. The predicted molar refractivity (Wildman–Crippen MR) is 129 cm³/mol. The monoisotopic (exact) mass is 533 g/mol. The van der Waals surface area contributed by atoms with Crippen LogP contribution >= 0.6 is 24.0 Å². The van der Waals surface area contributed by atoms with Crippen molar-refractivity contribution < 1.29 is 8.42 Å². The number of rotatable bonds is 9. The van der Waals surface area contributed by atoms with Crippen LogP contribution in [-0.4, -0.2) is 43.3 Å². The number of imidazole rings is 1. The number of halogens is 1. The first-order chi connectivity index (χ1) is 13.3. The van der Waals surface area contributed by atoms with Gasteiger partial charge in [0.25, 0.3) is 0 Å². The highest BCUT2D eigenvalue weighted by molar-refractivity contribution is 14.0. The van der Waals surface area contributed by atoms with E-state index in [1.807, 2.05) is 45.3 Å². The molecule has 0 saturated carbocycles. The fourth-order valence-electron chi connectivity index (χ4n) is 2.99. The van der Waals surface area contributed by atoms with Gasteiger partial charge in [-0.1, -0.05) is 12.1 Å². The second kappa shape index (κ2) is 12.2. The molecule has 29 heavy (non-hydrogen) atoms. The first-order valence-electron chi connectivity index (χ1n) is 9.60. The molecule has 0 aliphatic heterocycles. The molecule has 2 aromatic rings. The molecule has 0 saturated heterocycles. The first kappa shape index (κ1) is 25.4. The molecule has 0 amide bonds. The lowest BCUT2D eigenvalue weighted by atomic mass is 10.1. The zero-order valence-electron chi connectivity index (χ0n) is 17.6. The summed E-state index contributed by atoms with van der Waals surface area (Å²) in [5.74, 6) is 1.81. The minimum atomic E-state index is -3.19. The van der Waals surface area contributed by atoms with Crippen LogP contribution < -0.4 is 10.6 Å². The van der Waals surface area contributed by atoms with E-state index in [0.717, 1.165) is 55.4 Å². The van der Waals surface area contributed by atoms with E-state index in [4.69, 9.17) is 0 Å². The Morgan fingerprint density at radius 1 is 1.21 bits per heavy atom. The van der Waals surface area contributed by atoms with Gasteiger partial charge in [-0.2, -0.15) is 0 Å². The summed E-state index contributed by atoms with van der Waals surface area (Å²) in [7, 11) is -3.19. The minimum absolute atomic E-state index is 0. The van der Waals surface area contributed by atoms with Gasteiger partial charge in [0.2, 0.25) is 0 Å². The van der Waals surface area contributed by atoms with E-state index in [2.05, 4.69) is 25.2 Å². The summed E-state index contributed by atoms with van der Waals surface area (Å²) < 4.78 is 25.6. The third kappa shape index (κ3) is 8.33. The first-order valence-corrected chi connectivity index (χ1v) is 11.5. The molecule has 1 aromatic heterocycles. The van der Waals surface area contributed by atoms with E-state index in [0.29, 0.717) is 11.4 Å². The molecule has 2 N–H and O–H groups in total. The largest absolute Gasteiger partial charge is 0.357 e. The smallest absolute Gasteiger partial charge is 0.191 e. The van der Waals surface area contributed by atoms with Crippen LogP contribution in [0.3, 0.4) is 0 Å². The molecule has 9 heteroatoms. The summed E-state index contributed by atoms with van der Waals surface area (Å²) in [6.07, 6.45) is 7.16. The van der Waals surface area contributed by atoms with Crippen molar-refractivity contribution in [3.8, 4) is 0 Å². The van der Waals surface area contributed by atoms with Gasteiger partial charge in [0.15, 0.2) is 15.8 Å². The van der Waals surface area contributed by atoms with Crippen LogP contribution in [0.15, 0.2) is 40.5 Å². The third-order valence-corrected chi connectivity index (χ3v) is 5.70. The molecule has 0 unspecified atom stereocenters. The SMILES string of the molecule is CCNC(=NCc1ccc(S(C)(=O)=O)c(C)c1)NCCCCn1ccnc1C.I. The lowest BCUT2D eigenvalue weighted by molar-refractivity contribution is 0.588. The Kier molecular flexibility index (Phi) is 10.7. The Labute approximate surface area is 191 Å². The molecule has 0 aliphatic carbocycles. The number of guanidine groups is 1. The highest BCUT2D eigenvalue weighted by Crippen LogP contribution is 2.17. The summed E-state index contributed by atoms with van der Waals surface area (Å²) in [5.41, 5.74) is 1.74. The molecule has 0 atom stereocenters. The molecule has 0 aliphatic rings. The number of benzene rings is 1. The number of aromatic nitrogens is 2. The molecule has 0 fully saturated rings. The van der Waals surface area contributed by atoms with Gasteiger partial charge in [0, 0.05) is 38.3 Å². The molecule has 2 rings (SSSR count). The molecular formula is C20H32IN5O2S. The van der Waals surface area contributed by atoms with Crippen LogP contribution in [0.4, 0.5) is 0 Å². The number of nitrogens with one attached hydrogen (secondary N) is 2. The second-order valence-electron chi connectivity index (χ2n) is 6.87. The van der Waals surface area contributed by atoms with Crippen molar-refractivity contribution in [3.05, 3.63) is 47.5 Å². The number of hydrogen-bond donors (Lipinski definition) is 2. The molecule has 0 radical (unpaired) electrons. The summed E-state index contributed by atoms with van der Waals surface area (Å²) >= 11 is 0. The standard InChI is InChI=1S/C20H31N5O2S.HI/c1-5-21-20(23-10-6-7-12-25-13-11-22-17(25)3)24-15-18-8-9-19(16(2)14-18)28(4,26)27;/h8-9,11,13-14H,5-7,10,12,15H2,1-4H3,(H2,21,23,24);1H. The number of nitrogens with zero attached hydrogens (tertiary/aromatic N) is 3. The number of hydrogen-bond acceptors (Lipinski definition) is 4. The normalized spacial score (nSPS) is 11.8. The van der Waals surface area contributed by atoms with Crippen molar-refractivity contribution in [2.75, 3.05) is 19.3 Å². The van der Waals surface area contributed by atoms with E-state index < -0.39 is 9.84 Å². The fourth-order valence-corrected chi connectivity index (χ4v) is 3.95. The minimum Gasteiger partial charge on any atom is -0.357 e. The Bertz CT molecular complexity index is 909. The summed E-state index contributed by atoms with van der Waals surface area (Å²) in [6.45, 7) is 8.94. The van der Waals surface area contributed by atoms with Crippen LogP contribution in [0.1, 0.15) is 36.7 Å². The maximum Gasteiger partial charge on any atom is 0.191 e. The van der Waals surface area contributed by atoms with Crippen molar-refractivity contribution in [2.45, 2.75) is 51.6 Å². The van der Waals surface area contributed by atoms with Crippen LogP contribution in [-0.2, 0) is 22.9 Å². The molecule has 1 aromatic carbocycles. The summed E-state index contributed by atoms with van der Waals surface area (Å²) in [5, 5.41) is 6.60. The van der Waals surface area contributed by atoms with Crippen LogP contribution in [0.5, 0.6) is 0 Å². The lowest BCUT2D eigenvalue weighted by Gasteiger charge is -2.12. The molecule has 0 bridgehead atoms. The molecule has 162 valence electrons. The number of sulfone groups is 1. The van der Waals surface area contributed by atoms with Crippen molar-refractivity contribution in [2.24, 2.45) is 4.99 Å². The van der Waals surface area contributed by atoms with Gasteiger partial charge in [-0.05, 0) is 50.8 Å². The molecule has 0 spiro atoms. The Balaban J connectivity index is 0.00000420. The topological polar surface area (TPSA) is 88.4 Å². The van der Waals surface area contributed by atoms with Crippen LogP contribution in [0.2, 0.25) is 0 Å². The zero-order chi connectivity index (χ0) is 20.6. The average Bonchev–Trinajstić information content (AvgIpc) is 3.03. The Morgan fingerprint density at radius 2 is 1.97 bits per heavy atom. The molecule has 7 nitrogen and oxygen atoms in total. The Morgan fingerprint density at radius 3 is 2.55 bits per heavy atom. The van der Waals surface area contributed by atoms with E-state index in [-0.39, 0.29) is 24.0 Å². The van der Waals surface area contributed by atoms with Gasteiger partial charge in [-0.3, -0.25) is 0 Å². The van der Waals surface area contributed by atoms with Crippen molar-refractivity contribution >= 4 is 39.8 Å². The average molecular weight is 533 g/mol. The van der Waals surface area contributed by atoms with Crippen molar-refractivity contribution in [1.29, 1.82) is 0 Å². The lowest BCUT2D eigenvalue weighted by Crippen LogP contribution is -2.37. The van der Waals surface area contributed by atoms with Gasteiger partial charge in [-0.15, -0.1) is 24.0 Å². The van der Waals surface area contributed by atoms with Crippen molar-refractivity contribution in [1.82, 2.24) is 20.2 Å². The number of aryl methyl sites for hydroxylation is 3. The molecular weight excluding hydrogens is 501 g/mol. The van der Waals surface area contributed by atoms with Gasteiger partial charge in [0.05, 0.1) is 11.4 Å². The maximum absolute atomic E-state index is 11.7. The van der Waals surface area contributed by atoms with Gasteiger partial charge in [0.1, 0.15) is 5.82 Å². The Hall–Kier alpha value is -1.62. The zero-order valence-corrected chi connectivity index (χ0v) is 20.8. The second-order valence-corrected chi connectivity index (χ2v) is 8.85. The number of unbranched alkanes of at least 4 members (excludes halogenated alkanes) is 1. The van der Waals surface area contributed by atoms with Crippen LogP contribution in [0, 0.1) is 13.8 Å².